The topological polar surface area (TPSA) is 67.9 Å². The first-order chi connectivity index (χ1) is 15.6. The van der Waals surface area contributed by atoms with Gasteiger partial charge in [0.25, 0.3) is 0 Å². The van der Waals surface area contributed by atoms with E-state index < -0.39 is 12.0 Å². The van der Waals surface area contributed by atoms with E-state index in [2.05, 4.69) is 5.32 Å². The maximum atomic E-state index is 13.2. The summed E-state index contributed by atoms with van der Waals surface area (Å²) in [5.41, 5.74) is 2.58. The molecule has 1 N–H and O–H groups in total. The highest BCUT2D eigenvalue weighted by Gasteiger charge is 2.27. The summed E-state index contributed by atoms with van der Waals surface area (Å²) in [6.45, 7) is 2.43. The number of amides is 2. The Morgan fingerprint density at radius 3 is 2.06 bits per heavy atom. The molecule has 0 bridgehead atoms. The maximum absolute atomic E-state index is 13.2. The van der Waals surface area contributed by atoms with Crippen LogP contribution in [0.5, 0.6) is 5.75 Å². The fraction of sp³-hybridized carbons (Fsp3) is 0.231. The highest BCUT2D eigenvalue weighted by molar-refractivity contribution is 5.93. The number of hydrogen-bond acceptors (Lipinski definition) is 5. The Labute approximate surface area is 188 Å². The van der Waals surface area contributed by atoms with Crippen LogP contribution in [0.3, 0.4) is 0 Å². The van der Waals surface area contributed by atoms with Gasteiger partial charge in [-0.15, -0.1) is 0 Å². The Bertz CT molecular complexity index is 991. The molecule has 1 unspecified atom stereocenters. The Hall–Kier alpha value is -3.80. The average Bonchev–Trinajstić information content (AvgIpc) is 2.85. The van der Waals surface area contributed by atoms with Crippen LogP contribution < -0.4 is 10.1 Å². The lowest BCUT2D eigenvalue weighted by Crippen LogP contribution is -2.41. The van der Waals surface area contributed by atoms with E-state index >= 15 is 0 Å². The Kier molecular flexibility index (Phi) is 8.26. The first-order valence-corrected chi connectivity index (χ1v) is 10.5. The van der Waals surface area contributed by atoms with Crippen LogP contribution >= 0.6 is 0 Å². The van der Waals surface area contributed by atoms with Crippen molar-refractivity contribution in [1.29, 1.82) is 0 Å². The van der Waals surface area contributed by atoms with Crippen molar-refractivity contribution in [2.24, 2.45) is 5.92 Å². The number of rotatable bonds is 9. The number of anilines is 1. The van der Waals surface area contributed by atoms with Gasteiger partial charge in [-0.05, 0) is 35.4 Å². The van der Waals surface area contributed by atoms with E-state index in [9.17, 15) is 9.59 Å². The molecule has 3 aromatic rings. The van der Waals surface area contributed by atoms with Crippen molar-refractivity contribution in [2.45, 2.75) is 20.1 Å². The molecular formula is C26H28N2O4. The number of imide groups is 1. The van der Waals surface area contributed by atoms with Gasteiger partial charge in [0, 0.05) is 12.2 Å². The molecule has 0 heterocycles. The van der Waals surface area contributed by atoms with Gasteiger partial charge in [-0.3, -0.25) is 4.79 Å². The third kappa shape index (κ3) is 6.60. The standard InChI is InChI=1S/C26H28N2O4/c1-20(17-27-23-13-15-24(31-2)16-14-23)25(29)28(18-21-9-5-3-6-10-21)26(30)32-19-22-11-7-4-8-12-22/h3-16,20,27H,17-19H2,1-2H3. The van der Waals surface area contributed by atoms with E-state index in [0.717, 1.165) is 22.6 Å². The maximum Gasteiger partial charge on any atom is 0.417 e. The monoisotopic (exact) mass is 432 g/mol. The minimum Gasteiger partial charge on any atom is -0.497 e. The highest BCUT2D eigenvalue weighted by Crippen LogP contribution is 2.17. The van der Waals surface area contributed by atoms with Crippen LogP contribution in [-0.4, -0.2) is 30.6 Å². The number of carbonyl (C=O) groups excluding carboxylic acids is 2. The number of benzene rings is 3. The first-order valence-electron chi connectivity index (χ1n) is 10.5. The van der Waals surface area contributed by atoms with Crippen molar-refractivity contribution in [3.05, 3.63) is 96.1 Å². The van der Waals surface area contributed by atoms with Gasteiger partial charge in [0.05, 0.1) is 19.6 Å². The quantitative estimate of drug-likeness (QED) is 0.509. The molecule has 0 radical (unpaired) electrons. The SMILES string of the molecule is COc1ccc(NCC(C)C(=O)N(Cc2ccccc2)C(=O)OCc2ccccc2)cc1. The molecule has 1 atom stereocenters. The summed E-state index contributed by atoms with van der Waals surface area (Å²) in [4.78, 5) is 27.2. The largest absolute Gasteiger partial charge is 0.497 e. The van der Waals surface area contributed by atoms with Crippen molar-refractivity contribution >= 4 is 17.7 Å². The third-order valence-electron chi connectivity index (χ3n) is 5.00. The molecule has 6 nitrogen and oxygen atoms in total. The van der Waals surface area contributed by atoms with Gasteiger partial charge in [0.2, 0.25) is 5.91 Å². The van der Waals surface area contributed by atoms with Gasteiger partial charge in [-0.1, -0.05) is 67.6 Å². The minimum absolute atomic E-state index is 0.108. The smallest absolute Gasteiger partial charge is 0.417 e. The molecule has 0 aromatic heterocycles. The molecule has 0 aliphatic heterocycles. The predicted molar refractivity (Wildman–Crippen MR) is 124 cm³/mol. The fourth-order valence-electron chi connectivity index (χ4n) is 3.13. The summed E-state index contributed by atoms with van der Waals surface area (Å²) in [6, 6.07) is 26.3. The summed E-state index contributed by atoms with van der Waals surface area (Å²) < 4.78 is 10.6. The lowest BCUT2D eigenvalue weighted by Gasteiger charge is -2.24. The number of methoxy groups -OCH3 is 1. The predicted octanol–water partition coefficient (Wildman–Crippen LogP) is 5.11. The van der Waals surface area contributed by atoms with Crippen LogP contribution in [0.2, 0.25) is 0 Å². The van der Waals surface area contributed by atoms with Crippen molar-refractivity contribution in [3.8, 4) is 5.75 Å². The highest BCUT2D eigenvalue weighted by atomic mass is 16.6. The van der Waals surface area contributed by atoms with E-state index in [4.69, 9.17) is 9.47 Å². The average molecular weight is 433 g/mol. The number of carbonyl (C=O) groups is 2. The molecule has 0 saturated carbocycles. The van der Waals surface area contributed by atoms with Crippen molar-refractivity contribution < 1.29 is 19.1 Å². The van der Waals surface area contributed by atoms with E-state index in [1.54, 1.807) is 14.0 Å². The van der Waals surface area contributed by atoms with Crippen molar-refractivity contribution in [2.75, 3.05) is 19.0 Å². The molecular weight excluding hydrogens is 404 g/mol. The summed E-state index contributed by atoms with van der Waals surface area (Å²) in [6.07, 6.45) is -0.654. The van der Waals surface area contributed by atoms with E-state index in [-0.39, 0.29) is 19.1 Å². The number of hydrogen-bond donors (Lipinski definition) is 1. The number of nitrogens with one attached hydrogen (secondary N) is 1. The molecule has 6 heteroatoms. The van der Waals surface area contributed by atoms with Crippen molar-refractivity contribution in [1.82, 2.24) is 4.90 Å². The van der Waals surface area contributed by atoms with E-state index in [1.165, 1.54) is 4.90 Å². The van der Waals surface area contributed by atoms with Crippen molar-refractivity contribution in [3.63, 3.8) is 0 Å². The summed E-state index contributed by atoms with van der Waals surface area (Å²) in [7, 11) is 1.61. The zero-order valence-electron chi connectivity index (χ0n) is 18.4. The van der Waals surface area contributed by atoms with Crippen LogP contribution in [0.25, 0.3) is 0 Å². The molecule has 0 aliphatic carbocycles. The summed E-state index contributed by atoms with van der Waals surface area (Å²) in [5, 5.41) is 3.24. The van der Waals surface area contributed by atoms with Crippen LogP contribution in [-0.2, 0) is 22.7 Å². The van der Waals surface area contributed by atoms with Gasteiger partial charge in [0.1, 0.15) is 12.4 Å². The second-order valence-corrected chi connectivity index (χ2v) is 7.46. The zero-order valence-corrected chi connectivity index (χ0v) is 18.4. The minimum atomic E-state index is -0.654. The molecule has 0 aliphatic rings. The lowest BCUT2D eigenvalue weighted by atomic mass is 10.1. The lowest BCUT2D eigenvalue weighted by molar-refractivity contribution is -0.133. The Balaban J connectivity index is 1.66. The number of ether oxygens (including phenoxy) is 2. The molecule has 3 aromatic carbocycles. The Morgan fingerprint density at radius 2 is 1.47 bits per heavy atom. The zero-order chi connectivity index (χ0) is 22.8. The van der Waals surface area contributed by atoms with Gasteiger partial charge in [-0.25, -0.2) is 9.69 Å². The molecule has 32 heavy (non-hydrogen) atoms. The second kappa shape index (κ2) is 11.6. The molecule has 0 saturated heterocycles. The molecule has 166 valence electrons. The fourth-order valence-corrected chi connectivity index (χ4v) is 3.13. The summed E-state index contributed by atoms with van der Waals surface area (Å²) >= 11 is 0. The molecule has 3 rings (SSSR count). The van der Waals surface area contributed by atoms with Gasteiger partial charge in [0.15, 0.2) is 0 Å². The van der Waals surface area contributed by atoms with Gasteiger partial charge < -0.3 is 14.8 Å². The third-order valence-corrected chi connectivity index (χ3v) is 5.00. The molecule has 0 spiro atoms. The second-order valence-electron chi connectivity index (χ2n) is 7.46. The van der Waals surface area contributed by atoms with Crippen LogP contribution in [0.15, 0.2) is 84.9 Å². The molecule has 0 fully saturated rings. The normalized spacial score (nSPS) is 11.3. The van der Waals surface area contributed by atoms with Crippen LogP contribution in [0.4, 0.5) is 10.5 Å². The van der Waals surface area contributed by atoms with Gasteiger partial charge >= 0.3 is 6.09 Å². The van der Waals surface area contributed by atoms with Crippen LogP contribution in [0.1, 0.15) is 18.1 Å². The Morgan fingerprint density at radius 1 is 0.875 bits per heavy atom. The number of nitrogens with zero attached hydrogens (tertiary/aromatic N) is 1. The van der Waals surface area contributed by atoms with E-state index in [1.807, 2.05) is 84.9 Å². The first kappa shape index (κ1) is 22.9. The molecule has 2 amide bonds. The van der Waals surface area contributed by atoms with Gasteiger partial charge in [-0.2, -0.15) is 0 Å². The van der Waals surface area contributed by atoms with Crippen LogP contribution in [0, 0.1) is 5.92 Å². The summed E-state index contributed by atoms with van der Waals surface area (Å²) in [5.74, 6) is 0.0212. The van der Waals surface area contributed by atoms with E-state index in [0.29, 0.717) is 6.54 Å².